The highest BCUT2D eigenvalue weighted by atomic mass is 28.3. The Bertz CT molecular complexity index is 3700. The van der Waals surface area contributed by atoms with Crippen LogP contribution < -0.4 is 20.7 Å². The van der Waals surface area contributed by atoms with Gasteiger partial charge in [-0.2, -0.15) is 0 Å². The monoisotopic (exact) mass is 844 g/mol. The summed E-state index contributed by atoms with van der Waals surface area (Å²) in [4.78, 5) is 0. The first kappa shape index (κ1) is 37.6. The summed E-state index contributed by atoms with van der Waals surface area (Å²) in [6.07, 6.45) is 0.913. The normalized spacial score (nSPS) is 13.6. The van der Waals surface area contributed by atoms with Gasteiger partial charge in [-0.25, -0.2) is 0 Å². The van der Waals surface area contributed by atoms with Gasteiger partial charge in [0, 0.05) is 44.4 Å². The minimum Gasteiger partial charge on any atom is -0.309 e. The van der Waals surface area contributed by atoms with Crippen LogP contribution in [-0.4, -0.2) is 17.2 Å². The van der Waals surface area contributed by atoms with E-state index in [9.17, 15) is 0 Å². The van der Waals surface area contributed by atoms with Gasteiger partial charge < -0.3 is 9.13 Å². The summed E-state index contributed by atoms with van der Waals surface area (Å²) >= 11 is 0. The molecular weight excluding hydrogens is 801 g/mol. The lowest BCUT2D eigenvalue weighted by Crippen LogP contribution is -2.74. The predicted molar refractivity (Wildman–Crippen MR) is 276 cm³/mol. The van der Waals surface area contributed by atoms with Crippen molar-refractivity contribution in [3.05, 3.63) is 265 Å². The van der Waals surface area contributed by atoms with E-state index in [4.69, 9.17) is 0 Å². The Kier molecular flexibility index (Phi) is 8.72. The minimum atomic E-state index is -2.97. The maximum Gasteiger partial charge on any atom is 0.179 e. The largest absolute Gasteiger partial charge is 0.309 e. The highest BCUT2D eigenvalue weighted by Gasteiger charge is 2.42. The lowest BCUT2D eigenvalue weighted by Gasteiger charge is -2.36. The molecule has 2 nitrogen and oxygen atoms in total. The standard InChI is InChI=1S/C62H44N2Si/c1-5-21-45(22-6-1)63-58-34-17-15-31-52(58)54-39-37-50(42-60(54)63)65(47-25-9-3-10-26-47,48-27-11-4-12-28-48)49-29-19-20-43(40-49)57-41-44-36-38-56-53-32-16-18-35-59(53)64(46-23-7-2-8-24-46)62(56)61(44)55-33-14-13-30-51(55)57/h1-40,42,57H,41H2. The van der Waals surface area contributed by atoms with E-state index in [1.807, 2.05) is 0 Å². The average Bonchev–Trinajstić information content (AvgIpc) is 3.90. The molecule has 65 heavy (non-hydrogen) atoms. The number of aromatic nitrogens is 2. The fourth-order valence-electron chi connectivity index (χ4n) is 11.5. The number of benzene rings is 10. The van der Waals surface area contributed by atoms with Crippen molar-refractivity contribution in [3.63, 3.8) is 0 Å². The van der Waals surface area contributed by atoms with Crippen LogP contribution in [-0.2, 0) is 6.42 Å². The van der Waals surface area contributed by atoms with E-state index in [1.165, 1.54) is 104 Å². The van der Waals surface area contributed by atoms with Gasteiger partial charge in [-0.1, -0.05) is 206 Å². The molecule has 0 saturated heterocycles. The lowest BCUT2D eigenvalue weighted by atomic mass is 9.75. The van der Waals surface area contributed by atoms with Gasteiger partial charge in [0.15, 0.2) is 8.07 Å². The molecule has 0 radical (unpaired) electrons. The number of para-hydroxylation sites is 4. The number of hydrogen-bond acceptors (Lipinski definition) is 0. The van der Waals surface area contributed by atoms with Gasteiger partial charge in [-0.15, -0.1) is 0 Å². The fourth-order valence-corrected chi connectivity index (χ4v) is 16.3. The van der Waals surface area contributed by atoms with Crippen molar-refractivity contribution in [1.29, 1.82) is 0 Å². The molecule has 1 unspecified atom stereocenters. The highest BCUT2D eigenvalue weighted by Crippen LogP contribution is 2.48. The van der Waals surface area contributed by atoms with Crippen molar-refractivity contribution < 1.29 is 0 Å². The van der Waals surface area contributed by atoms with E-state index in [0.717, 1.165) is 6.42 Å². The summed E-state index contributed by atoms with van der Waals surface area (Å²) < 4.78 is 4.96. The van der Waals surface area contributed by atoms with Crippen LogP contribution in [0.5, 0.6) is 0 Å². The third-order valence-corrected chi connectivity index (χ3v) is 19.0. The molecule has 0 amide bonds. The quantitative estimate of drug-likeness (QED) is 0.112. The van der Waals surface area contributed by atoms with Crippen molar-refractivity contribution in [2.75, 3.05) is 0 Å². The van der Waals surface area contributed by atoms with Gasteiger partial charge in [-0.3, -0.25) is 0 Å². The molecule has 1 aliphatic carbocycles. The molecule has 0 fully saturated rings. The molecule has 10 aromatic carbocycles. The smallest absolute Gasteiger partial charge is 0.179 e. The zero-order valence-corrected chi connectivity index (χ0v) is 36.9. The molecule has 306 valence electrons. The topological polar surface area (TPSA) is 9.86 Å². The zero-order chi connectivity index (χ0) is 42.9. The van der Waals surface area contributed by atoms with Crippen LogP contribution in [0.4, 0.5) is 0 Å². The lowest BCUT2D eigenvalue weighted by molar-refractivity contribution is 0.795. The molecule has 3 heteroatoms. The third-order valence-electron chi connectivity index (χ3n) is 14.2. The molecule has 0 saturated carbocycles. The van der Waals surface area contributed by atoms with Crippen LogP contribution in [0.2, 0.25) is 0 Å². The van der Waals surface area contributed by atoms with E-state index < -0.39 is 8.07 Å². The number of hydrogen-bond donors (Lipinski definition) is 0. The first-order valence-corrected chi connectivity index (χ1v) is 24.8. The van der Waals surface area contributed by atoms with Gasteiger partial charge in [0.2, 0.25) is 0 Å². The summed E-state index contributed by atoms with van der Waals surface area (Å²) in [5.74, 6) is 0.173. The molecule has 13 rings (SSSR count). The Morgan fingerprint density at radius 1 is 0.354 bits per heavy atom. The number of fused-ring (bicyclic) bond motifs is 10. The van der Waals surface area contributed by atoms with Crippen LogP contribution in [0, 0.1) is 0 Å². The van der Waals surface area contributed by atoms with E-state index in [-0.39, 0.29) is 5.92 Å². The Morgan fingerprint density at radius 3 is 1.55 bits per heavy atom. The molecule has 0 N–H and O–H groups in total. The van der Waals surface area contributed by atoms with Crippen molar-refractivity contribution in [2.45, 2.75) is 12.3 Å². The fraction of sp³-hybridized carbons (Fsp3) is 0.0323. The van der Waals surface area contributed by atoms with Crippen LogP contribution in [0.25, 0.3) is 66.1 Å². The molecule has 2 heterocycles. The van der Waals surface area contributed by atoms with Gasteiger partial charge in [0.1, 0.15) is 0 Å². The van der Waals surface area contributed by atoms with Crippen LogP contribution >= 0.6 is 0 Å². The van der Waals surface area contributed by atoms with Gasteiger partial charge >= 0.3 is 0 Å². The first-order valence-electron chi connectivity index (χ1n) is 22.8. The first-order chi connectivity index (χ1) is 32.3. The second-order valence-electron chi connectivity index (χ2n) is 17.6. The maximum absolute atomic E-state index is 2.97. The highest BCUT2D eigenvalue weighted by molar-refractivity contribution is 7.20. The summed E-state index contributed by atoms with van der Waals surface area (Å²) in [5.41, 5.74) is 14.1. The molecule has 2 aromatic heterocycles. The minimum absolute atomic E-state index is 0.173. The predicted octanol–water partition coefficient (Wildman–Crippen LogP) is 12.6. The Hall–Kier alpha value is -7.98. The maximum atomic E-state index is 2.59. The van der Waals surface area contributed by atoms with Crippen LogP contribution in [0.1, 0.15) is 22.6 Å². The summed E-state index contributed by atoms with van der Waals surface area (Å²) in [5, 5.41) is 10.6. The summed E-state index contributed by atoms with van der Waals surface area (Å²) in [7, 11) is -2.97. The summed E-state index contributed by atoms with van der Waals surface area (Å²) in [6.45, 7) is 0. The van der Waals surface area contributed by atoms with Gasteiger partial charge in [-0.05, 0) is 91.9 Å². The molecular formula is C62H44N2Si. The Balaban J connectivity index is 1.04. The van der Waals surface area contributed by atoms with Crippen LogP contribution in [0.15, 0.2) is 249 Å². The molecule has 0 aliphatic heterocycles. The van der Waals surface area contributed by atoms with Crippen molar-refractivity contribution in [1.82, 2.24) is 9.13 Å². The molecule has 0 bridgehead atoms. The average molecular weight is 845 g/mol. The molecule has 12 aromatic rings. The van der Waals surface area contributed by atoms with E-state index in [2.05, 4.69) is 258 Å². The van der Waals surface area contributed by atoms with E-state index in [1.54, 1.807) is 0 Å². The van der Waals surface area contributed by atoms with E-state index >= 15 is 0 Å². The second kappa shape index (κ2) is 15.1. The molecule has 0 spiro atoms. The second-order valence-corrected chi connectivity index (χ2v) is 21.4. The third kappa shape index (κ3) is 5.72. The van der Waals surface area contributed by atoms with E-state index in [0.29, 0.717) is 0 Å². The zero-order valence-electron chi connectivity index (χ0n) is 35.9. The number of rotatable bonds is 7. The van der Waals surface area contributed by atoms with Gasteiger partial charge in [0.05, 0.1) is 22.1 Å². The number of nitrogens with zero attached hydrogens (tertiary/aromatic N) is 2. The van der Waals surface area contributed by atoms with Crippen LogP contribution in [0.3, 0.4) is 0 Å². The van der Waals surface area contributed by atoms with Crippen molar-refractivity contribution in [3.8, 4) is 22.5 Å². The van der Waals surface area contributed by atoms with Crippen molar-refractivity contribution in [2.24, 2.45) is 0 Å². The SMILES string of the molecule is c1ccc(-n2c3ccccc3c3ccc([Si](c4ccccc4)(c4ccccc4)c4cccc(C5Cc6ccc7c8ccccc8n(-c8ccccc8)c7c6-c6ccccc65)c4)cc32)cc1. The van der Waals surface area contributed by atoms with Gasteiger partial charge in [0.25, 0.3) is 0 Å². The Morgan fingerprint density at radius 2 is 0.862 bits per heavy atom. The Labute approximate surface area is 380 Å². The van der Waals surface area contributed by atoms with Crippen molar-refractivity contribution >= 4 is 72.4 Å². The molecule has 1 atom stereocenters. The molecule has 1 aliphatic rings. The summed E-state index contributed by atoms with van der Waals surface area (Å²) in [6, 6.07) is 93.4.